The molecule has 3 amide bonds. The first kappa shape index (κ1) is 17.3. The lowest BCUT2D eigenvalue weighted by molar-refractivity contribution is -0.138. The van der Waals surface area contributed by atoms with Gasteiger partial charge in [0.05, 0.1) is 0 Å². The van der Waals surface area contributed by atoms with Crippen LogP contribution in [0.4, 0.5) is 4.79 Å². The number of likely N-dealkylation sites (tertiary alicyclic amines) is 1. The largest absolute Gasteiger partial charge is 0.480 e. The van der Waals surface area contributed by atoms with Gasteiger partial charge in [0, 0.05) is 26.2 Å². The van der Waals surface area contributed by atoms with Crippen molar-refractivity contribution in [3.63, 3.8) is 0 Å². The van der Waals surface area contributed by atoms with Crippen molar-refractivity contribution in [2.45, 2.75) is 39.2 Å². The van der Waals surface area contributed by atoms with Crippen LogP contribution in [0.25, 0.3) is 0 Å². The number of hydrogen-bond donors (Lipinski definition) is 1. The molecule has 0 bridgehead atoms. The van der Waals surface area contributed by atoms with Crippen molar-refractivity contribution in [2.75, 3.05) is 33.2 Å². The van der Waals surface area contributed by atoms with Crippen molar-refractivity contribution in [1.82, 2.24) is 14.7 Å². The molecule has 0 aliphatic carbocycles. The molecule has 1 heterocycles. The maximum absolute atomic E-state index is 12.3. The fourth-order valence-corrected chi connectivity index (χ4v) is 2.33. The molecule has 7 heteroatoms. The molecule has 0 spiro atoms. The molecule has 120 valence electrons. The van der Waals surface area contributed by atoms with Crippen LogP contribution in [0.3, 0.4) is 0 Å². The molecule has 0 aromatic carbocycles. The second-order valence-electron chi connectivity index (χ2n) is 5.51. The van der Waals surface area contributed by atoms with E-state index >= 15 is 0 Å². The van der Waals surface area contributed by atoms with E-state index in [1.165, 1.54) is 16.8 Å². The summed E-state index contributed by atoms with van der Waals surface area (Å²) < 4.78 is 0. The van der Waals surface area contributed by atoms with E-state index < -0.39 is 12.0 Å². The summed E-state index contributed by atoms with van der Waals surface area (Å²) in [4.78, 5) is 39.6. The van der Waals surface area contributed by atoms with Gasteiger partial charge in [-0.15, -0.1) is 0 Å². The van der Waals surface area contributed by atoms with Crippen molar-refractivity contribution >= 4 is 17.9 Å². The third-order valence-electron chi connectivity index (χ3n) is 3.83. The van der Waals surface area contributed by atoms with E-state index in [2.05, 4.69) is 0 Å². The van der Waals surface area contributed by atoms with Gasteiger partial charge in [0.1, 0.15) is 13.1 Å². The minimum atomic E-state index is -1.05. The average molecular weight is 299 g/mol. The molecule has 21 heavy (non-hydrogen) atoms. The highest BCUT2D eigenvalue weighted by molar-refractivity contribution is 5.85. The summed E-state index contributed by atoms with van der Waals surface area (Å²) in [6.45, 7) is 4.82. The van der Waals surface area contributed by atoms with E-state index in [1.807, 2.05) is 6.92 Å². The van der Waals surface area contributed by atoms with Crippen LogP contribution in [0.2, 0.25) is 0 Å². The van der Waals surface area contributed by atoms with Crippen LogP contribution in [0.5, 0.6) is 0 Å². The molecule has 1 unspecified atom stereocenters. The summed E-state index contributed by atoms with van der Waals surface area (Å²) in [5.74, 6) is -1.13. The van der Waals surface area contributed by atoms with Crippen LogP contribution in [0, 0.1) is 0 Å². The molecule has 1 fully saturated rings. The highest BCUT2D eigenvalue weighted by atomic mass is 16.4. The number of hydrogen-bond acceptors (Lipinski definition) is 3. The Kier molecular flexibility index (Phi) is 6.45. The number of urea groups is 1. The van der Waals surface area contributed by atoms with Crippen molar-refractivity contribution in [3.8, 4) is 0 Å². The van der Waals surface area contributed by atoms with Crippen LogP contribution in [-0.2, 0) is 9.59 Å². The minimum Gasteiger partial charge on any atom is -0.480 e. The first-order valence-electron chi connectivity index (χ1n) is 7.38. The lowest BCUT2D eigenvalue weighted by atomic mass is 10.2. The summed E-state index contributed by atoms with van der Waals surface area (Å²) in [5.41, 5.74) is 0. The van der Waals surface area contributed by atoms with Crippen LogP contribution in [0.15, 0.2) is 0 Å². The van der Waals surface area contributed by atoms with E-state index in [1.54, 1.807) is 11.8 Å². The number of carboxylic acids is 1. The number of carbonyl (C=O) groups excluding carboxylic acids is 2. The minimum absolute atomic E-state index is 0.00854. The standard InChI is InChI=1S/C14H25N3O4/c1-4-11(2)17(10-13(19)20)14(21)15(3)9-12(18)16-7-5-6-8-16/h11H,4-10H2,1-3H3,(H,19,20). The smallest absolute Gasteiger partial charge is 0.323 e. The predicted octanol–water partition coefficient (Wildman–Crippen LogP) is 0.846. The average Bonchev–Trinajstić information content (AvgIpc) is 2.97. The number of carbonyl (C=O) groups is 3. The number of likely N-dealkylation sites (N-methyl/N-ethyl adjacent to an activating group) is 1. The molecule has 0 radical (unpaired) electrons. The van der Waals surface area contributed by atoms with E-state index in [0.29, 0.717) is 6.42 Å². The fraction of sp³-hybridized carbons (Fsp3) is 0.786. The maximum atomic E-state index is 12.3. The molecule has 1 saturated heterocycles. The highest BCUT2D eigenvalue weighted by Gasteiger charge is 2.27. The molecule has 7 nitrogen and oxygen atoms in total. The van der Waals surface area contributed by atoms with E-state index in [9.17, 15) is 14.4 Å². The van der Waals surface area contributed by atoms with Gasteiger partial charge in [-0.3, -0.25) is 9.59 Å². The Morgan fingerprint density at radius 3 is 2.24 bits per heavy atom. The lowest BCUT2D eigenvalue weighted by Crippen LogP contribution is -2.50. The zero-order chi connectivity index (χ0) is 16.0. The number of rotatable bonds is 6. The molecule has 1 N–H and O–H groups in total. The van der Waals surface area contributed by atoms with Gasteiger partial charge in [0.15, 0.2) is 0 Å². The number of amides is 3. The van der Waals surface area contributed by atoms with Gasteiger partial charge in [0.25, 0.3) is 0 Å². The zero-order valence-corrected chi connectivity index (χ0v) is 13.0. The summed E-state index contributed by atoms with van der Waals surface area (Å²) in [6.07, 6.45) is 2.66. The van der Waals surface area contributed by atoms with Crippen LogP contribution < -0.4 is 0 Å². The Morgan fingerprint density at radius 1 is 1.19 bits per heavy atom. The fourth-order valence-electron chi connectivity index (χ4n) is 2.33. The zero-order valence-electron chi connectivity index (χ0n) is 13.0. The van der Waals surface area contributed by atoms with E-state index in [-0.39, 0.29) is 25.0 Å². The number of carboxylic acid groups (broad SMARTS) is 1. The molecule has 0 aromatic rings. The van der Waals surface area contributed by atoms with Gasteiger partial charge in [-0.2, -0.15) is 0 Å². The third-order valence-corrected chi connectivity index (χ3v) is 3.83. The van der Waals surface area contributed by atoms with Gasteiger partial charge in [0.2, 0.25) is 5.91 Å². The van der Waals surface area contributed by atoms with Gasteiger partial charge in [-0.25, -0.2) is 4.79 Å². The molecule has 1 aliphatic heterocycles. The summed E-state index contributed by atoms with van der Waals surface area (Å²) in [6, 6.07) is -0.600. The molecule has 0 aromatic heterocycles. The van der Waals surface area contributed by atoms with Gasteiger partial charge < -0.3 is 19.8 Å². The Labute approximate surface area is 125 Å². The Hall–Kier alpha value is -1.79. The lowest BCUT2D eigenvalue weighted by Gasteiger charge is -2.31. The van der Waals surface area contributed by atoms with Crippen molar-refractivity contribution in [2.24, 2.45) is 0 Å². The number of aliphatic carboxylic acids is 1. The first-order valence-corrected chi connectivity index (χ1v) is 7.38. The molecule has 1 atom stereocenters. The number of nitrogens with zero attached hydrogens (tertiary/aromatic N) is 3. The Balaban J connectivity index is 2.63. The summed E-state index contributed by atoms with van der Waals surface area (Å²) in [5, 5.41) is 8.93. The molecular weight excluding hydrogens is 274 g/mol. The van der Waals surface area contributed by atoms with Gasteiger partial charge >= 0.3 is 12.0 Å². The van der Waals surface area contributed by atoms with Gasteiger partial charge in [-0.1, -0.05) is 6.92 Å². The Bertz CT molecular complexity index is 394. The first-order chi connectivity index (χ1) is 9.86. The van der Waals surface area contributed by atoms with Crippen molar-refractivity contribution in [1.29, 1.82) is 0 Å². The van der Waals surface area contributed by atoms with E-state index in [4.69, 9.17) is 5.11 Å². The molecular formula is C14H25N3O4. The normalized spacial score (nSPS) is 15.7. The topological polar surface area (TPSA) is 81.2 Å². The predicted molar refractivity (Wildman–Crippen MR) is 77.9 cm³/mol. The third kappa shape index (κ3) is 4.91. The van der Waals surface area contributed by atoms with Crippen molar-refractivity contribution in [3.05, 3.63) is 0 Å². The van der Waals surface area contributed by atoms with Crippen LogP contribution in [0.1, 0.15) is 33.1 Å². The monoisotopic (exact) mass is 299 g/mol. The Morgan fingerprint density at radius 2 is 1.76 bits per heavy atom. The van der Waals surface area contributed by atoms with Crippen LogP contribution >= 0.6 is 0 Å². The second-order valence-corrected chi connectivity index (χ2v) is 5.51. The molecule has 1 aliphatic rings. The second kappa shape index (κ2) is 7.85. The van der Waals surface area contributed by atoms with Crippen LogP contribution in [-0.4, -0.2) is 77.0 Å². The molecule has 0 saturated carbocycles. The highest BCUT2D eigenvalue weighted by Crippen LogP contribution is 2.10. The summed E-state index contributed by atoms with van der Waals surface area (Å²) in [7, 11) is 1.54. The van der Waals surface area contributed by atoms with Crippen molar-refractivity contribution < 1.29 is 19.5 Å². The summed E-state index contributed by atoms with van der Waals surface area (Å²) >= 11 is 0. The quantitative estimate of drug-likeness (QED) is 0.788. The SMILES string of the molecule is CCC(C)N(CC(=O)O)C(=O)N(C)CC(=O)N1CCCC1. The maximum Gasteiger partial charge on any atom is 0.323 e. The van der Waals surface area contributed by atoms with E-state index in [0.717, 1.165) is 25.9 Å². The van der Waals surface area contributed by atoms with Gasteiger partial charge in [-0.05, 0) is 26.2 Å². The molecule has 1 rings (SSSR count).